The molecule has 0 unspecified atom stereocenters. The van der Waals surface area contributed by atoms with Crippen molar-refractivity contribution in [1.29, 1.82) is 0 Å². The van der Waals surface area contributed by atoms with Gasteiger partial charge in [-0.2, -0.15) is 0 Å². The first-order valence-electron chi connectivity index (χ1n) is 6.75. The van der Waals surface area contributed by atoms with Gasteiger partial charge in [0.15, 0.2) is 5.82 Å². The molecule has 0 aliphatic rings. The van der Waals surface area contributed by atoms with E-state index in [4.69, 9.17) is 11.6 Å². The molecule has 3 aromatic heterocycles. The van der Waals surface area contributed by atoms with Crippen LogP contribution in [0.4, 0.5) is 20.4 Å². The van der Waals surface area contributed by atoms with E-state index in [9.17, 15) is 8.78 Å². The van der Waals surface area contributed by atoms with Crippen molar-refractivity contribution in [3.8, 4) is 0 Å². The largest absolute Gasteiger partial charge is 0.358 e. The smallest absolute Gasteiger partial charge is 0.208 e. The number of nitrogens with zero attached hydrogens (tertiary/aromatic N) is 3. The number of aromatic amines is 1. The summed E-state index contributed by atoms with van der Waals surface area (Å²) in [7, 11) is 1.67. The van der Waals surface area contributed by atoms with E-state index in [1.54, 1.807) is 29.9 Å². The second-order valence-corrected chi connectivity index (χ2v) is 5.49. The zero-order chi connectivity index (χ0) is 16.1. The fourth-order valence-electron chi connectivity index (χ4n) is 2.52. The van der Waals surface area contributed by atoms with E-state index in [1.807, 2.05) is 0 Å². The Balaban J connectivity index is 1.84. The van der Waals surface area contributed by atoms with E-state index in [0.717, 1.165) is 11.6 Å². The minimum Gasteiger partial charge on any atom is -0.358 e. The van der Waals surface area contributed by atoms with Crippen molar-refractivity contribution in [2.75, 3.05) is 5.32 Å². The summed E-state index contributed by atoms with van der Waals surface area (Å²) in [6.07, 6.45) is 1.71. The topological polar surface area (TPSA) is 58.5 Å². The predicted octanol–water partition coefficient (Wildman–Crippen LogP) is 4.12. The van der Waals surface area contributed by atoms with Crippen LogP contribution in [0.1, 0.15) is 0 Å². The van der Waals surface area contributed by atoms with Crippen LogP contribution < -0.4 is 5.32 Å². The molecule has 0 atom stereocenters. The summed E-state index contributed by atoms with van der Waals surface area (Å²) in [5.74, 6) is -0.985. The van der Waals surface area contributed by atoms with Gasteiger partial charge in [0.25, 0.3) is 0 Å². The summed E-state index contributed by atoms with van der Waals surface area (Å²) < 4.78 is 28.8. The number of benzene rings is 1. The van der Waals surface area contributed by atoms with E-state index in [-0.39, 0.29) is 5.52 Å². The maximum Gasteiger partial charge on any atom is 0.208 e. The van der Waals surface area contributed by atoms with Gasteiger partial charge in [-0.25, -0.2) is 18.7 Å². The second kappa shape index (κ2) is 4.92. The Bertz CT molecular complexity index is 1050. The summed E-state index contributed by atoms with van der Waals surface area (Å²) in [6.45, 7) is 0. The lowest BCUT2D eigenvalue weighted by atomic mass is 10.3. The molecule has 0 saturated heterocycles. The van der Waals surface area contributed by atoms with Crippen molar-refractivity contribution in [3.05, 3.63) is 47.2 Å². The lowest BCUT2D eigenvalue weighted by Crippen LogP contribution is -1.99. The maximum absolute atomic E-state index is 13.8. The predicted molar refractivity (Wildman–Crippen MR) is 85.0 cm³/mol. The zero-order valence-electron chi connectivity index (χ0n) is 11.9. The molecular weight excluding hydrogens is 324 g/mol. The minimum atomic E-state index is -0.705. The van der Waals surface area contributed by atoms with Crippen molar-refractivity contribution in [2.45, 2.75) is 0 Å². The molecule has 4 rings (SSSR count). The molecule has 0 amide bonds. The lowest BCUT2D eigenvalue weighted by Gasteiger charge is -2.04. The zero-order valence-corrected chi connectivity index (χ0v) is 12.6. The van der Waals surface area contributed by atoms with Crippen molar-refractivity contribution in [3.63, 3.8) is 0 Å². The first-order valence-corrected chi connectivity index (χ1v) is 7.13. The number of rotatable bonds is 2. The van der Waals surface area contributed by atoms with Crippen LogP contribution in [0.25, 0.3) is 22.1 Å². The number of nitrogens with one attached hydrogen (secondary N) is 2. The van der Waals surface area contributed by atoms with E-state index >= 15 is 0 Å². The number of aryl methyl sites for hydroxylation is 1. The molecule has 0 radical (unpaired) electrons. The number of anilines is 2. The summed E-state index contributed by atoms with van der Waals surface area (Å²) in [6, 6.07) is 5.53. The molecule has 0 saturated carbocycles. The Morgan fingerprint density at radius 1 is 1.17 bits per heavy atom. The third-order valence-electron chi connectivity index (χ3n) is 3.64. The Kier molecular flexibility index (Phi) is 2.99. The third-order valence-corrected chi connectivity index (χ3v) is 3.85. The van der Waals surface area contributed by atoms with Crippen LogP contribution in [0.2, 0.25) is 5.15 Å². The summed E-state index contributed by atoms with van der Waals surface area (Å²) in [4.78, 5) is 11.5. The normalized spacial score (nSPS) is 11.5. The van der Waals surface area contributed by atoms with Gasteiger partial charge >= 0.3 is 0 Å². The lowest BCUT2D eigenvalue weighted by molar-refractivity contribution is 0.590. The van der Waals surface area contributed by atoms with Crippen LogP contribution in [-0.2, 0) is 7.05 Å². The van der Waals surface area contributed by atoms with E-state index in [0.29, 0.717) is 27.8 Å². The highest BCUT2D eigenvalue weighted by Gasteiger charge is 2.15. The molecule has 5 nitrogen and oxygen atoms in total. The van der Waals surface area contributed by atoms with E-state index in [1.165, 1.54) is 6.07 Å². The van der Waals surface area contributed by atoms with Gasteiger partial charge in [0.1, 0.15) is 22.0 Å². The first-order chi connectivity index (χ1) is 11.0. The van der Waals surface area contributed by atoms with Gasteiger partial charge < -0.3 is 14.9 Å². The van der Waals surface area contributed by atoms with Crippen LogP contribution in [0.3, 0.4) is 0 Å². The molecule has 0 bridgehead atoms. The van der Waals surface area contributed by atoms with Crippen LogP contribution in [0, 0.1) is 11.6 Å². The van der Waals surface area contributed by atoms with Gasteiger partial charge in [-0.15, -0.1) is 0 Å². The standard InChI is InChI=1S/C15H10ClF2N5/c1-23-11-5-7(17)4-8(18)13(11)22-15(23)20-10-6-19-9-2-3-12(16)21-14(9)10/h2-6,19H,1H3,(H,20,22). The number of imidazole rings is 1. The van der Waals surface area contributed by atoms with E-state index < -0.39 is 11.6 Å². The molecule has 0 aliphatic carbocycles. The molecule has 1 aromatic carbocycles. The second-order valence-electron chi connectivity index (χ2n) is 5.11. The Labute approximate surface area is 133 Å². The fourth-order valence-corrected chi connectivity index (χ4v) is 2.66. The molecule has 2 N–H and O–H groups in total. The first kappa shape index (κ1) is 14.0. The maximum atomic E-state index is 13.8. The molecule has 23 heavy (non-hydrogen) atoms. The Hall–Kier alpha value is -2.67. The Morgan fingerprint density at radius 3 is 2.83 bits per heavy atom. The van der Waals surface area contributed by atoms with Crippen molar-refractivity contribution in [2.24, 2.45) is 7.05 Å². The third kappa shape index (κ3) is 2.20. The number of aromatic nitrogens is 4. The van der Waals surface area contributed by atoms with Gasteiger partial charge in [0.05, 0.1) is 16.7 Å². The van der Waals surface area contributed by atoms with Gasteiger partial charge in [-0.05, 0) is 12.1 Å². The van der Waals surface area contributed by atoms with Crippen LogP contribution in [0.15, 0.2) is 30.5 Å². The summed E-state index contributed by atoms with van der Waals surface area (Å²) in [5, 5.41) is 3.43. The molecule has 0 aliphatic heterocycles. The van der Waals surface area contributed by atoms with Crippen LogP contribution in [0.5, 0.6) is 0 Å². The number of halogens is 3. The highest BCUT2D eigenvalue weighted by molar-refractivity contribution is 6.29. The Morgan fingerprint density at radius 2 is 2.00 bits per heavy atom. The van der Waals surface area contributed by atoms with Crippen molar-refractivity contribution >= 4 is 45.3 Å². The molecule has 116 valence electrons. The van der Waals surface area contributed by atoms with Gasteiger partial charge in [0.2, 0.25) is 5.95 Å². The molecule has 0 spiro atoms. The minimum absolute atomic E-state index is 0.0993. The van der Waals surface area contributed by atoms with E-state index in [2.05, 4.69) is 20.3 Å². The molecule has 0 fully saturated rings. The molecule has 8 heteroatoms. The average molecular weight is 334 g/mol. The number of fused-ring (bicyclic) bond motifs is 2. The van der Waals surface area contributed by atoms with Gasteiger partial charge in [0, 0.05) is 25.4 Å². The van der Waals surface area contributed by atoms with Crippen LogP contribution in [-0.4, -0.2) is 19.5 Å². The summed E-state index contributed by atoms with van der Waals surface area (Å²) in [5.41, 5.74) is 2.53. The highest BCUT2D eigenvalue weighted by Crippen LogP contribution is 2.28. The molecule has 3 heterocycles. The monoisotopic (exact) mass is 333 g/mol. The van der Waals surface area contributed by atoms with Gasteiger partial charge in [-0.1, -0.05) is 11.6 Å². The number of hydrogen-bond acceptors (Lipinski definition) is 3. The SMILES string of the molecule is Cn1c(Nc2c[nH]c3ccc(Cl)nc23)nc2c(F)cc(F)cc21. The number of pyridine rings is 1. The summed E-state index contributed by atoms with van der Waals surface area (Å²) >= 11 is 5.92. The average Bonchev–Trinajstić information content (AvgIpc) is 3.03. The quantitative estimate of drug-likeness (QED) is 0.542. The molecule has 4 aromatic rings. The molecular formula is C15H10ClF2N5. The number of H-pyrrole nitrogens is 1. The van der Waals surface area contributed by atoms with Gasteiger partial charge in [-0.3, -0.25) is 0 Å². The fraction of sp³-hybridized carbons (Fsp3) is 0.0667. The van der Waals surface area contributed by atoms with Crippen LogP contribution >= 0.6 is 11.6 Å². The van der Waals surface area contributed by atoms with Crippen molar-refractivity contribution < 1.29 is 8.78 Å². The number of hydrogen-bond donors (Lipinski definition) is 2. The highest BCUT2D eigenvalue weighted by atomic mass is 35.5. The van der Waals surface area contributed by atoms with Crippen molar-refractivity contribution in [1.82, 2.24) is 19.5 Å².